The fraction of sp³-hybridized carbons (Fsp3) is 1.00. The molecular weight excluding hydrogens is 152 g/mol. The fourth-order valence-corrected chi connectivity index (χ4v) is 2.70. The van der Waals surface area contributed by atoms with Crippen LogP contribution < -0.4 is 0 Å². The van der Waals surface area contributed by atoms with Gasteiger partial charge in [0.15, 0.2) is 0 Å². The molecule has 3 atom stereocenters. The van der Waals surface area contributed by atoms with E-state index in [4.69, 9.17) is 4.74 Å². The van der Waals surface area contributed by atoms with Crippen molar-refractivity contribution in [2.75, 3.05) is 0 Å². The zero-order valence-corrected chi connectivity index (χ0v) is 8.13. The molecule has 12 heavy (non-hydrogen) atoms. The molecule has 0 aromatic heterocycles. The van der Waals surface area contributed by atoms with Crippen LogP contribution in [-0.4, -0.2) is 22.4 Å². The standard InChI is InChI=1S/C10H18O2/c1-9(2)7-4-5-10(3,12-9)8(11)6-7/h7-8,11H,4-6H2,1-3H3/t7?,8?,10-/m0/s1. The largest absolute Gasteiger partial charge is 0.390 e. The molecule has 3 fully saturated rings. The second kappa shape index (κ2) is 2.24. The summed E-state index contributed by atoms with van der Waals surface area (Å²) in [5, 5.41) is 9.77. The van der Waals surface area contributed by atoms with Crippen molar-refractivity contribution in [1.82, 2.24) is 0 Å². The van der Waals surface area contributed by atoms with Gasteiger partial charge in [0.05, 0.1) is 17.3 Å². The molecule has 0 spiro atoms. The summed E-state index contributed by atoms with van der Waals surface area (Å²) in [4.78, 5) is 0. The predicted molar refractivity (Wildman–Crippen MR) is 46.9 cm³/mol. The van der Waals surface area contributed by atoms with Crippen LogP contribution in [0.25, 0.3) is 0 Å². The van der Waals surface area contributed by atoms with Crippen LogP contribution in [0.5, 0.6) is 0 Å². The molecule has 0 aromatic rings. The first kappa shape index (κ1) is 8.52. The second-order valence-corrected chi connectivity index (χ2v) is 5.01. The molecule has 3 aliphatic rings. The highest BCUT2D eigenvalue weighted by Gasteiger charge is 2.53. The molecule has 2 heteroatoms. The number of hydrogen-bond donors (Lipinski definition) is 1. The van der Waals surface area contributed by atoms with Gasteiger partial charge in [-0.3, -0.25) is 0 Å². The van der Waals surface area contributed by atoms with Crippen molar-refractivity contribution < 1.29 is 9.84 Å². The van der Waals surface area contributed by atoms with Crippen LogP contribution in [0.3, 0.4) is 0 Å². The van der Waals surface area contributed by atoms with Gasteiger partial charge in [0.2, 0.25) is 0 Å². The lowest BCUT2D eigenvalue weighted by Gasteiger charge is -2.56. The van der Waals surface area contributed by atoms with Crippen LogP contribution in [0.15, 0.2) is 0 Å². The highest BCUT2D eigenvalue weighted by molar-refractivity contribution is 5.02. The van der Waals surface area contributed by atoms with Gasteiger partial charge in [-0.15, -0.1) is 0 Å². The van der Waals surface area contributed by atoms with E-state index in [-0.39, 0.29) is 17.3 Å². The molecule has 1 N–H and O–H groups in total. The quantitative estimate of drug-likeness (QED) is 0.599. The zero-order chi connectivity index (χ0) is 8.98. The van der Waals surface area contributed by atoms with E-state index < -0.39 is 0 Å². The smallest absolute Gasteiger partial charge is 0.0919 e. The summed E-state index contributed by atoms with van der Waals surface area (Å²) in [6.45, 7) is 6.32. The van der Waals surface area contributed by atoms with E-state index in [2.05, 4.69) is 13.8 Å². The Labute approximate surface area is 73.9 Å². The molecule has 2 heterocycles. The summed E-state index contributed by atoms with van der Waals surface area (Å²) in [7, 11) is 0. The Morgan fingerprint density at radius 3 is 2.33 bits per heavy atom. The molecule has 2 nitrogen and oxygen atoms in total. The summed E-state index contributed by atoms with van der Waals surface area (Å²) in [6, 6.07) is 0. The molecule has 2 bridgehead atoms. The maximum absolute atomic E-state index is 9.77. The van der Waals surface area contributed by atoms with Gasteiger partial charge in [-0.25, -0.2) is 0 Å². The van der Waals surface area contributed by atoms with Crippen molar-refractivity contribution in [1.29, 1.82) is 0 Å². The minimum atomic E-state index is -0.266. The minimum absolute atomic E-state index is 0.0216. The molecule has 70 valence electrons. The molecule has 2 saturated heterocycles. The van der Waals surface area contributed by atoms with Crippen LogP contribution in [-0.2, 0) is 4.74 Å². The highest BCUT2D eigenvalue weighted by atomic mass is 16.5. The van der Waals surface area contributed by atoms with E-state index >= 15 is 0 Å². The monoisotopic (exact) mass is 170 g/mol. The van der Waals surface area contributed by atoms with E-state index in [1.54, 1.807) is 0 Å². The van der Waals surface area contributed by atoms with Gasteiger partial charge in [0, 0.05) is 0 Å². The number of ether oxygens (including phenoxy) is 1. The van der Waals surface area contributed by atoms with Crippen LogP contribution in [0, 0.1) is 5.92 Å². The van der Waals surface area contributed by atoms with Crippen LogP contribution in [0.2, 0.25) is 0 Å². The normalized spacial score (nSPS) is 51.0. The number of hydrogen-bond acceptors (Lipinski definition) is 2. The molecule has 1 aliphatic carbocycles. The topological polar surface area (TPSA) is 29.5 Å². The third-order valence-corrected chi connectivity index (χ3v) is 3.68. The summed E-state index contributed by atoms with van der Waals surface area (Å²) in [6.07, 6.45) is 2.90. The Balaban J connectivity index is 2.26. The zero-order valence-electron chi connectivity index (χ0n) is 8.13. The summed E-state index contributed by atoms with van der Waals surface area (Å²) in [5.74, 6) is 0.550. The van der Waals surface area contributed by atoms with Gasteiger partial charge >= 0.3 is 0 Å². The lowest BCUT2D eigenvalue weighted by atomic mass is 9.67. The van der Waals surface area contributed by atoms with Gasteiger partial charge in [0.1, 0.15) is 0 Å². The van der Waals surface area contributed by atoms with Gasteiger partial charge < -0.3 is 9.84 Å². The summed E-state index contributed by atoms with van der Waals surface area (Å²) in [5.41, 5.74) is -0.287. The van der Waals surface area contributed by atoms with Crippen LogP contribution in [0.1, 0.15) is 40.0 Å². The van der Waals surface area contributed by atoms with Crippen molar-refractivity contribution in [3.63, 3.8) is 0 Å². The van der Waals surface area contributed by atoms with Gasteiger partial charge in [-0.1, -0.05) is 0 Å². The number of rotatable bonds is 0. The number of fused-ring (bicyclic) bond motifs is 3. The Morgan fingerprint density at radius 2 is 2.00 bits per heavy atom. The summed E-state index contributed by atoms with van der Waals surface area (Å²) < 4.78 is 5.92. The van der Waals surface area contributed by atoms with E-state index in [0.717, 1.165) is 12.8 Å². The summed E-state index contributed by atoms with van der Waals surface area (Å²) >= 11 is 0. The van der Waals surface area contributed by atoms with Crippen LogP contribution >= 0.6 is 0 Å². The molecule has 0 radical (unpaired) electrons. The fourth-order valence-electron chi connectivity index (χ4n) is 2.70. The first-order chi connectivity index (χ1) is 5.44. The predicted octanol–water partition coefficient (Wildman–Crippen LogP) is 1.71. The molecule has 0 aromatic carbocycles. The Kier molecular flexibility index (Phi) is 1.59. The van der Waals surface area contributed by atoms with E-state index in [0.29, 0.717) is 5.92 Å². The van der Waals surface area contributed by atoms with Crippen molar-refractivity contribution in [2.24, 2.45) is 5.92 Å². The minimum Gasteiger partial charge on any atom is -0.390 e. The molecule has 2 unspecified atom stereocenters. The molecule has 2 aliphatic heterocycles. The molecule has 1 saturated carbocycles. The molecular formula is C10H18O2. The lowest BCUT2D eigenvalue weighted by Crippen LogP contribution is -2.61. The third-order valence-electron chi connectivity index (χ3n) is 3.68. The van der Waals surface area contributed by atoms with E-state index in [1.165, 1.54) is 6.42 Å². The lowest BCUT2D eigenvalue weighted by molar-refractivity contribution is -0.273. The van der Waals surface area contributed by atoms with Gasteiger partial charge in [-0.05, 0) is 46.0 Å². The highest BCUT2D eigenvalue weighted by Crippen LogP contribution is 2.49. The van der Waals surface area contributed by atoms with Crippen molar-refractivity contribution in [3.05, 3.63) is 0 Å². The van der Waals surface area contributed by atoms with E-state index in [1.807, 2.05) is 6.92 Å². The van der Waals surface area contributed by atoms with Crippen molar-refractivity contribution in [3.8, 4) is 0 Å². The SMILES string of the molecule is CC1(C)O[C@@]2(C)CCC1CC2O. The van der Waals surface area contributed by atoms with Crippen molar-refractivity contribution in [2.45, 2.75) is 57.3 Å². The molecule has 3 rings (SSSR count). The number of aliphatic hydroxyl groups is 1. The van der Waals surface area contributed by atoms with Gasteiger partial charge in [0.25, 0.3) is 0 Å². The average molecular weight is 170 g/mol. The maximum atomic E-state index is 9.77. The first-order valence-electron chi connectivity index (χ1n) is 4.82. The second-order valence-electron chi connectivity index (χ2n) is 5.01. The first-order valence-corrected chi connectivity index (χ1v) is 4.82. The van der Waals surface area contributed by atoms with Crippen LogP contribution in [0.4, 0.5) is 0 Å². The van der Waals surface area contributed by atoms with Crippen molar-refractivity contribution >= 4 is 0 Å². The van der Waals surface area contributed by atoms with E-state index in [9.17, 15) is 5.11 Å². The van der Waals surface area contributed by atoms with Gasteiger partial charge in [-0.2, -0.15) is 0 Å². The Hall–Kier alpha value is -0.0800. The maximum Gasteiger partial charge on any atom is 0.0919 e. The average Bonchev–Trinajstić information content (AvgIpc) is 1.91. The molecule has 0 amide bonds. The Morgan fingerprint density at radius 1 is 1.33 bits per heavy atom. The Bertz CT molecular complexity index is 200. The third kappa shape index (κ3) is 1.01. The number of aliphatic hydroxyl groups excluding tert-OH is 1.